The number of nitrogens with one attached hydrogen (secondary N) is 2. The fourth-order valence-electron chi connectivity index (χ4n) is 1.80. The molecule has 0 fully saturated rings. The van der Waals surface area contributed by atoms with E-state index in [2.05, 4.69) is 10.3 Å². The van der Waals surface area contributed by atoms with Crippen LogP contribution in [-0.2, 0) is 7.05 Å². The first-order valence-electron chi connectivity index (χ1n) is 6.22. The minimum Gasteiger partial charge on any atom is -0.345 e. The molecule has 0 saturated heterocycles. The summed E-state index contributed by atoms with van der Waals surface area (Å²) in [5, 5.41) is 2.78. The Morgan fingerprint density at radius 2 is 1.95 bits per heavy atom. The lowest BCUT2D eigenvalue weighted by molar-refractivity contribution is 0.0892. The van der Waals surface area contributed by atoms with Crippen molar-refractivity contribution in [2.24, 2.45) is 12.8 Å². The summed E-state index contributed by atoms with van der Waals surface area (Å²) >= 11 is 0. The second kappa shape index (κ2) is 7.25. The average Bonchev–Trinajstić information content (AvgIpc) is 2.42. The van der Waals surface area contributed by atoms with Crippen molar-refractivity contribution >= 4 is 18.3 Å². The summed E-state index contributed by atoms with van der Waals surface area (Å²) in [5.41, 5.74) is 3.88. The van der Waals surface area contributed by atoms with Crippen LogP contribution in [0.5, 0.6) is 0 Å². The fraction of sp³-hybridized carbons (Fsp3) is 0.583. The van der Waals surface area contributed by atoms with Crippen LogP contribution in [0.25, 0.3) is 0 Å². The smallest absolute Gasteiger partial charge is 0.328 e. The first-order valence-corrected chi connectivity index (χ1v) is 6.22. The molecule has 0 aliphatic heterocycles. The highest BCUT2D eigenvalue weighted by Crippen LogP contribution is 2.13. The van der Waals surface area contributed by atoms with Gasteiger partial charge in [-0.25, -0.2) is 4.79 Å². The first kappa shape index (κ1) is 18.4. The number of hydrogen-bond donors (Lipinski definition) is 3. The number of halogens is 1. The van der Waals surface area contributed by atoms with E-state index in [0.717, 1.165) is 10.8 Å². The van der Waals surface area contributed by atoms with Crippen molar-refractivity contribution in [3.63, 3.8) is 0 Å². The average molecular weight is 305 g/mol. The largest absolute Gasteiger partial charge is 0.345 e. The minimum absolute atomic E-state index is 0. The van der Waals surface area contributed by atoms with Crippen molar-refractivity contribution in [3.05, 3.63) is 32.6 Å². The number of hydrogen-bond acceptors (Lipinski definition) is 4. The third-order valence-corrected chi connectivity index (χ3v) is 3.55. The van der Waals surface area contributed by atoms with E-state index in [1.807, 2.05) is 13.8 Å². The molecule has 7 nitrogen and oxygen atoms in total. The molecule has 1 amide bonds. The summed E-state index contributed by atoms with van der Waals surface area (Å²) in [7, 11) is 1.31. The molecular weight excluding hydrogens is 284 g/mol. The maximum absolute atomic E-state index is 12.1. The van der Waals surface area contributed by atoms with Gasteiger partial charge in [-0.15, -0.1) is 12.4 Å². The predicted molar refractivity (Wildman–Crippen MR) is 79.4 cm³/mol. The Balaban J connectivity index is 0.00000361. The molecule has 0 unspecified atom stereocenters. The molecule has 1 rings (SSSR count). The van der Waals surface area contributed by atoms with E-state index >= 15 is 0 Å². The summed E-state index contributed by atoms with van der Waals surface area (Å²) < 4.78 is 0.858. The van der Waals surface area contributed by atoms with Crippen LogP contribution in [-0.4, -0.2) is 27.5 Å². The SMILES string of the molecule is CCC(CC)(CN)NC(=O)c1c[nH]c(=O)n(C)c1=O.Cl. The summed E-state index contributed by atoms with van der Waals surface area (Å²) in [5.74, 6) is -0.522. The Bertz CT molecular complexity index is 567. The Kier molecular flexibility index (Phi) is 6.67. The third-order valence-electron chi connectivity index (χ3n) is 3.55. The molecule has 0 atom stereocenters. The summed E-state index contributed by atoms with van der Waals surface area (Å²) in [4.78, 5) is 37.5. The summed E-state index contributed by atoms with van der Waals surface area (Å²) in [6, 6.07) is 0. The predicted octanol–water partition coefficient (Wildman–Crippen LogP) is -0.257. The fourth-order valence-corrected chi connectivity index (χ4v) is 1.80. The molecule has 0 saturated carbocycles. The highest BCUT2D eigenvalue weighted by atomic mass is 35.5. The van der Waals surface area contributed by atoms with Gasteiger partial charge in [-0.1, -0.05) is 13.8 Å². The van der Waals surface area contributed by atoms with Gasteiger partial charge in [0.15, 0.2) is 0 Å². The lowest BCUT2D eigenvalue weighted by Crippen LogP contribution is -2.54. The Morgan fingerprint density at radius 1 is 1.40 bits per heavy atom. The lowest BCUT2D eigenvalue weighted by atomic mass is 9.92. The van der Waals surface area contributed by atoms with Crippen molar-refractivity contribution in [1.29, 1.82) is 0 Å². The normalized spacial score (nSPS) is 10.8. The zero-order valence-corrected chi connectivity index (χ0v) is 12.7. The van der Waals surface area contributed by atoms with Crippen LogP contribution < -0.4 is 22.3 Å². The van der Waals surface area contributed by atoms with E-state index in [0.29, 0.717) is 12.8 Å². The molecule has 1 aromatic heterocycles. The molecular formula is C12H21ClN4O3. The number of amides is 1. The summed E-state index contributed by atoms with van der Waals surface area (Å²) in [6.45, 7) is 4.12. The van der Waals surface area contributed by atoms with Crippen molar-refractivity contribution in [2.75, 3.05) is 6.54 Å². The highest BCUT2D eigenvalue weighted by molar-refractivity contribution is 5.94. The highest BCUT2D eigenvalue weighted by Gasteiger charge is 2.28. The van der Waals surface area contributed by atoms with Crippen LogP contribution in [0, 0.1) is 0 Å². The van der Waals surface area contributed by atoms with Gasteiger partial charge in [0.05, 0.1) is 5.54 Å². The number of carbonyl (C=O) groups is 1. The third kappa shape index (κ3) is 3.49. The van der Waals surface area contributed by atoms with E-state index in [-0.39, 0.29) is 24.5 Å². The molecule has 1 aromatic rings. The molecule has 8 heteroatoms. The minimum atomic E-state index is -0.626. The number of aromatic amines is 1. The monoisotopic (exact) mass is 304 g/mol. The Morgan fingerprint density at radius 3 is 2.40 bits per heavy atom. The molecule has 0 bridgehead atoms. The molecule has 0 aliphatic rings. The van der Waals surface area contributed by atoms with Crippen LogP contribution in [0.4, 0.5) is 0 Å². The first-order chi connectivity index (χ1) is 8.90. The van der Waals surface area contributed by atoms with Gasteiger partial charge in [-0.3, -0.25) is 14.2 Å². The van der Waals surface area contributed by atoms with Gasteiger partial charge in [0.1, 0.15) is 5.56 Å². The van der Waals surface area contributed by atoms with Gasteiger partial charge in [0.2, 0.25) is 0 Å². The van der Waals surface area contributed by atoms with Gasteiger partial charge in [-0.2, -0.15) is 0 Å². The maximum Gasteiger partial charge on any atom is 0.328 e. The van der Waals surface area contributed by atoms with Gasteiger partial charge in [0, 0.05) is 19.8 Å². The number of aromatic nitrogens is 2. The Labute approximate surface area is 123 Å². The van der Waals surface area contributed by atoms with Crippen LogP contribution in [0.1, 0.15) is 37.0 Å². The molecule has 4 N–H and O–H groups in total. The number of nitrogens with two attached hydrogens (primary N) is 1. The van der Waals surface area contributed by atoms with E-state index < -0.39 is 22.7 Å². The van der Waals surface area contributed by atoms with Crippen LogP contribution in [0.2, 0.25) is 0 Å². The quantitative estimate of drug-likeness (QED) is 0.696. The maximum atomic E-state index is 12.1. The van der Waals surface area contributed by atoms with Crippen molar-refractivity contribution < 1.29 is 4.79 Å². The Hall–Kier alpha value is -1.60. The zero-order valence-electron chi connectivity index (χ0n) is 11.9. The lowest BCUT2D eigenvalue weighted by Gasteiger charge is -2.31. The van der Waals surface area contributed by atoms with E-state index in [9.17, 15) is 14.4 Å². The van der Waals surface area contributed by atoms with Gasteiger partial charge in [-0.05, 0) is 12.8 Å². The second-order valence-electron chi connectivity index (χ2n) is 4.52. The topological polar surface area (TPSA) is 110 Å². The molecule has 0 aromatic carbocycles. The van der Waals surface area contributed by atoms with Gasteiger partial charge in [0.25, 0.3) is 11.5 Å². The van der Waals surface area contributed by atoms with Crippen LogP contribution in [0.15, 0.2) is 15.8 Å². The van der Waals surface area contributed by atoms with E-state index in [1.54, 1.807) is 0 Å². The van der Waals surface area contributed by atoms with Crippen molar-refractivity contribution in [1.82, 2.24) is 14.9 Å². The number of rotatable bonds is 5. The second-order valence-corrected chi connectivity index (χ2v) is 4.52. The van der Waals surface area contributed by atoms with Gasteiger partial charge >= 0.3 is 5.69 Å². The number of nitrogens with zero attached hydrogens (tertiary/aromatic N) is 1. The molecule has 1 heterocycles. The van der Waals surface area contributed by atoms with Crippen LogP contribution in [0.3, 0.4) is 0 Å². The molecule has 0 aliphatic carbocycles. The van der Waals surface area contributed by atoms with Crippen LogP contribution >= 0.6 is 12.4 Å². The van der Waals surface area contributed by atoms with Gasteiger partial charge < -0.3 is 16.0 Å². The molecule has 0 spiro atoms. The number of carbonyl (C=O) groups excluding carboxylic acids is 1. The standard InChI is InChI=1S/C12H20N4O3.ClH/c1-4-12(5-2,7-13)15-9(17)8-6-14-11(19)16(3)10(8)18;/h6H,4-5,7,13H2,1-3H3,(H,14,19)(H,15,17);1H. The number of H-pyrrole nitrogens is 1. The summed E-state index contributed by atoms with van der Waals surface area (Å²) in [6.07, 6.45) is 2.46. The van der Waals surface area contributed by atoms with E-state index in [1.165, 1.54) is 7.05 Å². The molecule has 0 radical (unpaired) electrons. The zero-order chi connectivity index (χ0) is 14.6. The molecule has 114 valence electrons. The molecule has 20 heavy (non-hydrogen) atoms. The van der Waals surface area contributed by atoms with E-state index in [4.69, 9.17) is 5.73 Å². The van der Waals surface area contributed by atoms with Crippen molar-refractivity contribution in [3.8, 4) is 0 Å². The van der Waals surface area contributed by atoms with Crippen molar-refractivity contribution in [2.45, 2.75) is 32.2 Å².